The Labute approximate surface area is 140 Å². The number of para-hydroxylation sites is 1. The Morgan fingerprint density at radius 2 is 1.93 bits per heavy atom. The maximum absolute atomic E-state index is 11.8. The van der Waals surface area contributed by atoms with Crippen LogP contribution >= 0.6 is 0 Å². The van der Waals surface area contributed by atoms with E-state index in [1.807, 2.05) is 38.1 Å². The predicted molar refractivity (Wildman–Crippen MR) is 56.9 cm³/mol. The molecule has 0 spiro atoms. The van der Waals surface area contributed by atoms with Crippen molar-refractivity contribution in [2.75, 3.05) is 6.54 Å². The van der Waals surface area contributed by atoms with E-state index in [1.165, 1.54) is 0 Å². The second-order valence-electron chi connectivity index (χ2n) is 3.92. The van der Waals surface area contributed by atoms with Crippen molar-refractivity contribution in [3.8, 4) is 0 Å². The average molecular weight is 274 g/mol. The molecule has 2 nitrogen and oxygen atoms in total. The van der Waals surface area contributed by atoms with Crippen molar-refractivity contribution >= 4 is 11.5 Å². The number of carbonyl (C=O) groups is 1. The van der Waals surface area contributed by atoms with Gasteiger partial charge >= 0.3 is 58.2 Å². The zero-order chi connectivity index (χ0) is 10.1. The SMILES string of the molecule is CC1C[N-]c2ccccc2C(C)C1=O.[Rb+]. The molecule has 74 valence electrons. The van der Waals surface area contributed by atoms with E-state index in [0.29, 0.717) is 12.3 Å². The van der Waals surface area contributed by atoms with Gasteiger partial charge in [-0.3, -0.25) is 4.79 Å². The van der Waals surface area contributed by atoms with Gasteiger partial charge in [0.25, 0.3) is 0 Å². The summed E-state index contributed by atoms with van der Waals surface area (Å²) in [5, 5.41) is 4.45. The Bertz CT molecular complexity index is 364. The molecule has 1 heterocycles. The molecule has 2 atom stereocenters. The van der Waals surface area contributed by atoms with Crippen LogP contribution in [-0.2, 0) is 4.79 Å². The van der Waals surface area contributed by atoms with Gasteiger partial charge in [0.15, 0.2) is 0 Å². The minimum absolute atomic E-state index is 0. The first-order valence-corrected chi connectivity index (χ1v) is 5.00. The molecule has 0 radical (unpaired) electrons. The van der Waals surface area contributed by atoms with Crippen molar-refractivity contribution in [2.24, 2.45) is 5.92 Å². The zero-order valence-electron chi connectivity index (χ0n) is 9.53. The van der Waals surface area contributed by atoms with Crippen LogP contribution in [0.4, 0.5) is 5.69 Å². The van der Waals surface area contributed by atoms with Gasteiger partial charge in [0, 0.05) is 5.92 Å². The van der Waals surface area contributed by atoms with E-state index < -0.39 is 0 Å². The van der Waals surface area contributed by atoms with Crippen LogP contribution in [0.25, 0.3) is 5.32 Å². The van der Waals surface area contributed by atoms with Gasteiger partial charge in [-0.1, -0.05) is 43.7 Å². The van der Waals surface area contributed by atoms with Crippen molar-refractivity contribution < 1.29 is 63.0 Å². The largest absolute Gasteiger partial charge is 1.00 e. The summed E-state index contributed by atoms with van der Waals surface area (Å²) >= 11 is 0. The van der Waals surface area contributed by atoms with Gasteiger partial charge < -0.3 is 5.32 Å². The van der Waals surface area contributed by atoms with Gasteiger partial charge in [-0.25, -0.2) is 0 Å². The van der Waals surface area contributed by atoms with E-state index >= 15 is 0 Å². The average Bonchev–Trinajstić information content (AvgIpc) is 2.32. The van der Waals surface area contributed by atoms with Crippen LogP contribution in [0.3, 0.4) is 0 Å². The normalized spacial score (nSPS) is 24.5. The van der Waals surface area contributed by atoms with Crippen LogP contribution in [0, 0.1) is 5.92 Å². The number of nitrogens with zero attached hydrogens (tertiary/aromatic N) is 1. The summed E-state index contributed by atoms with van der Waals surface area (Å²) in [6, 6.07) is 7.92. The molecule has 15 heavy (non-hydrogen) atoms. The quantitative estimate of drug-likeness (QED) is 0.656. The van der Waals surface area contributed by atoms with Gasteiger partial charge in [0.05, 0.1) is 0 Å². The Kier molecular flexibility index (Phi) is 5.16. The van der Waals surface area contributed by atoms with Gasteiger partial charge in [-0.15, -0.1) is 12.2 Å². The van der Waals surface area contributed by atoms with E-state index in [1.54, 1.807) is 0 Å². The minimum atomic E-state index is -0.00699. The number of carbonyl (C=O) groups excluding carboxylic acids is 1. The summed E-state index contributed by atoms with van der Waals surface area (Å²) in [5.41, 5.74) is 2.06. The Balaban J connectivity index is 0.00000112. The molecular formula is C12H14NORb. The summed E-state index contributed by atoms with van der Waals surface area (Å²) in [7, 11) is 0. The van der Waals surface area contributed by atoms with E-state index in [4.69, 9.17) is 0 Å². The Morgan fingerprint density at radius 3 is 2.67 bits per heavy atom. The summed E-state index contributed by atoms with van der Waals surface area (Å²) < 4.78 is 0. The fraction of sp³-hybridized carbons (Fsp3) is 0.417. The van der Waals surface area contributed by atoms with Crippen molar-refractivity contribution in [3.63, 3.8) is 0 Å². The molecule has 2 unspecified atom stereocenters. The second kappa shape index (κ2) is 5.71. The molecule has 0 bridgehead atoms. The molecule has 2 rings (SSSR count). The van der Waals surface area contributed by atoms with Crippen LogP contribution in [-0.4, -0.2) is 12.3 Å². The third-order valence-corrected chi connectivity index (χ3v) is 2.85. The van der Waals surface area contributed by atoms with Crippen LogP contribution in [0.15, 0.2) is 24.3 Å². The smallest absolute Gasteiger partial charge is 0.684 e. The molecule has 0 N–H and O–H groups in total. The molecule has 3 heteroatoms. The van der Waals surface area contributed by atoms with Crippen LogP contribution < -0.4 is 58.2 Å². The van der Waals surface area contributed by atoms with Gasteiger partial charge in [0.1, 0.15) is 5.78 Å². The number of hydrogen-bond donors (Lipinski definition) is 0. The van der Waals surface area contributed by atoms with Gasteiger partial charge in [-0.05, 0) is 5.92 Å². The fourth-order valence-corrected chi connectivity index (χ4v) is 1.90. The Hall–Kier alpha value is 0.495. The first-order valence-electron chi connectivity index (χ1n) is 5.00. The summed E-state index contributed by atoms with van der Waals surface area (Å²) in [5.74, 6) is 0.351. The van der Waals surface area contributed by atoms with Gasteiger partial charge in [0.2, 0.25) is 0 Å². The first kappa shape index (κ1) is 13.6. The number of Topliss-reactive ketones (excluding diaryl/α,β-unsaturated/α-hetero) is 1. The van der Waals surface area contributed by atoms with Crippen molar-refractivity contribution in [3.05, 3.63) is 35.1 Å². The standard InChI is InChI=1S/C12H14NO.Rb/c1-8-7-13-11-6-4-3-5-10(11)9(2)12(8)14;/h3-6,8-9H,7H2,1-2H3;/q-1;+1. The molecule has 1 aromatic carbocycles. The summed E-state index contributed by atoms with van der Waals surface area (Å²) in [6.07, 6.45) is 0. The molecule has 1 aromatic rings. The molecule has 0 fully saturated rings. The number of rotatable bonds is 0. The third kappa shape index (κ3) is 2.79. The van der Waals surface area contributed by atoms with Crippen LogP contribution in [0.5, 0.6) is 0 Å². The molecule has 0 aromatic heterocycles. The van der Waals surface area contributed by atoms with Crippen molar-refractivity contribution in [1.29, 1.82) is 0 Å². The zero-order valence-corrected chi connectivity index (χ0v) is 14.4. The van der Waals surface area contributed by atoms with Crippen LogP contribution in [0.1, 0.15) is 25.3 Å². The van der Waals surface area contributed by atoms with Crippen molar-refractivity contribution in [1.82, 2.24) is 0 Å². The van der Waals surface area contributed by atoms with E-state index in [-0.39, 0.29) is 70.0 Å². The maximum atomic E-state index is 11.8. The number of hydrogen-bond acceptors (Lipinski definition) is 1. The summed E-state index contributed by atoms with van der Waals surface area (Å²) in [4.78, 5) is 11.8. The topological polar surface area (TPSA) is 31.2 Å². The number of fused-ring (bicyclic) bond motifs is 1. The van der Waals surface area contributed by atoms with E-state index in [0.717, 1.165) is 11.3 Å². The molecule has 0 saturated heterocycles. The van der Waals surface area contributed by atoms with Crippen molar-refractivity contribution in [2.45, 2.75) is 19.8 Å². The fourth-order valence-electron chi connectivity index (χ4n) is 1.90. The van der Waals surface area contributed by atoms with Crippen LogP contribution in [0.2, 0.25) is 0 Å². The second-order valence-corrected chi connectivity index (χ2v) is 3.92. The number of ketones is 1. The molecule has 1 aliphatic rings. The summed E-state index contributed by atoms with van der Waals surface area (Å²) in [6.45, 7) is 4.55. The first-order chi connectivity index (χ1) is 6.70. The van der Waals surface area contributed by atoms with Gasteiger partial charge in [-0.2, -0.15) is 0 Å². The van der Waals surface area contributed by atoms with E-state index in [9.17, 15) is 4.79 Å². The Morgan fingerprint density at radius 1 is 1.27 bits per heavy atom. The molecule has 0 aliphatic carbocycles. The maximum Gasteiger partial charge on any atom is 1.00 e. The molecule has 1 aliphatic heterocycles. The molecule has 0 saturated carbocycles. The predicted octanol–water partition coefficient (Wildman–Crippen LogP) is 0.0181. The minimum Gasteiger partial charge on any atom is -0.684 e. The van der Waals surface area contributed by atoms with E-state index in [2.05, 4.69) is 5.32 Å². The third-order valence-electron chi connectivity index (χ3n) is 2.85. The monoisotopic (exact) mass is 273 g/mol. The molecular weight excluding hydrogens is 260 g/mol. The number of benzene rings is 1. The molecule has 0 amide bonds.